The van der Waals surface area contributed by atoms with Crippen LogP contribution in [0.4, 0.5) is 24.8 Å². The molecule has 5 rings (SSSR count). The number of tetrazole rings is 1. The number of aromatic nitrogens is 4. The van der Waals surface area contributed by atoms with E-state index >= 15 is 0 Å². The Bertz CT molecular complexity index is 1610. The lowest BCUT2D eigenvalue weighted by molar-refractivity contribution is -0.137. The van der Waals surface area contributed by atoms with Crippen LogP contribution < -0.4 is 10.6 Å². The molecule has 3 aromatic carbocycles. The van der Waals surface area contributed by atoms with Gasteiger partial charge in [-0.2, -0.15) is 18.4 Å². The van der Waals surface area contributed by atoms with Crippen LogP contribution in [0.1, 0.15) is 67.9 Å². The summed E-state index contributed by atoms with van der Waals surface area (Å²) in [6.07, 6.45) is -0.915. The van der Waals surface area contributed by atoms with Crippen molar-refractivity contribution in [2.75, 3.05) is 17.2 Å². The van der Waals surface area contributed by atoms with Crippen LogP contribution in [0.2, 0.25) is 0 Å². The van der Waals surface area contributed by atoms with Crippen LogP contribution in [0.5, 0.6) is 0 Å². The van der Waals surface area contributed by atoms with Crippen LogP contribution in [-0.2, 0) is 17.5 Å². The third-order valence-electron chi connectivity index (χ3n) is 8.63. The number of carbonyl (C=O) groups excluding carboxylic acids is 2. The first-order valence-electron chi connectivity index (χ1n) is 15.3. The summed E-state index contributed by atoms with van der Waals surface area (Å²) in [4.78, 5) is 28.2. The minimum Gasteiger partial charge on any atom is -0.376 e. The molecule has 0 bridgehead atoms. The number of nitrogens with zero attached hydrogens (tertiary/aromatic N) is 4. The molecule has 0 spiro atoms. The molecule has 0 aliphatic heterocycles. The Morgan fingerprint density at radius 2 is 1.61 bits per heavy atom. The van der Waals surface area contributed by atoms with Gasteiger partial charge < -0.3 is 10.2 Å². The van der Waals surface area contributed by atoms with Crippen LogP contribution in [-0.4, -0.2) is 49.9 Å². The number of H-pyrrole nitrogens is 1. The Morgan fingerprint density at radius 1 is 0.913 bits per heavy atom. The van der Waals surface area contributed by atoms with E-state index in [2.05, 4.69) is 52.0 Å². The largest absolute Gasteiger partial charge is 0.416 e. The molecule has 242 valence electrons. The van der Waals surface area contributed by atoms with E-state index in [1.165, 1.54) is 0 Å². The third-order valence-corrected chi connectivity index (χ3v) is 8.63. The van der Waals surface area contributed by atoms with E-state index in [1.807, 2.05) is 4.90 Å². The second-order valence-corrected chi connectivity index (χ2v) is 12.8. The summed E-state index contributed by atoms with van der Waals surface area (Å²) >= 11 is 0. The van der Waals surface area contributed by atoms with E-state index in [4.69, 9.17) is 0 Å². The van der Waals surface area contributed by atoms with Crippen molar-refractivity contribution in [3.05, 3.63) is 89.5 Å². The highest BCUT2D eigenvalue weighted by Gasteiger charge is 2.34. The van der Waals surface area contributed by atoms with Crippen molar-refractivity contribution < 1.29 is 22.8 Å². The normalized spacial score (nSPS) is 16.9. The molecule has 3 N–H and O–H groups in total. The molecular formula is C34H38F3N7O2. The van der Waals surface area contributed by atoms with Gasteiger partial charge in [0.2, 0.25) is 5.91 Å². The minimum absolute atomic E-state index is 0.0181. The van der Waals surface area contributed by atoms with E-state index in [0.29, 0.717) is 29.2 Å². The molecule has 0 saturated heterocycles. The zero-order valence-corrected chi connectivity index (χ0v) is 26.1. The summed E-state index contributed by atoms with van der Waals surface area (Å²) in [6.45, 7) is 6.84. The molecule has 1 heterocycles. The quantitative estimate of drug-likeness (QED) is 0.180. The lowest BCUT2D eigenvalue weighted by Gasteiger charge is -2.41. The molecule has 1 fully saturated rings. The van der Waals surface area contributed by atoms with Gasteiger partial charge in [0.1, 0.15) is 0 Å². The molecule has 1 aliphatic rings. The maximum atomic E-state index is 13.8. The van der Waals surface area contributed by atoms with Gasteiger partial charge in [-0.25, -0.2) is 0 Å². The van der Waals surface area contributed by atoms with Crippen molar-refractivity contribution in [2.24, 2.45) is 11.3 Å². The van der Waals surface area contributed by atoms with Crippen molar-refractivity contribution in [1.82, 2.24) is 25.5 Å². The standard InChI is InChI=1S/C34H38F3N7O2/c1-33(2,3)26-13-15-29(16-14-26)44(21-22-9-11-24(12-10-22)31(46)39-32-40-42-43-41-32)30(45)20-38-28-18-25(23-7-5-4-6-8-23)17-27(19-28)34(35,36)37/h4-12,17-19,26,29,38H,13-16,20-21H2,1-3H3,(H2,39,40,41,42,43,46). The summed E-state index contributed by atoms with van der Waals surface area (Å²) < 4.78 is 41.5. The summed E-state index contributed by atoms with van der Waals surface area (Å²) in [5.41, 5.74) is 1.87. The van der Waals surface area contributed by atoms with Gasteiger partial charge in [0.05, 0.1) is 12.1 Å². The van der Waals surface area contributed by atoms with Crippen LogP contribution >= 0.6 is 0 Å². The molecule has 0 atom stereocenters. The van der Waals surface area contributed by atoms with Gasteiger partial charge in [-0.05, 0) is 89.3 Å². The fourth-order valence-electron chi connectivity index (χ4n) is 5.99. The van der Waals surface area contributed by atoms with Gasteiger partial charge in [0.25, 0.3) is 11.9 Å². The number of nitrogens with one attached hydrogen (secondary N) is 3. The number of hydrogen-bond acceptors (Lipinski definition) is 6. The predicted molar refractivity (Wildman–Crippen MR) is 170 cm³/mol. The van der Waals surface area contributed by atoms with Gasteiger partial charge in [-0.3, -0.25) is 14.9 Å². The number of anilines is 2. The smallest absolute Gasteiger partial charge is 0.376 e. The fraction of sp³-hybridized carbons (Fsp3) is 0.382. The van der Waals surface area contributed by atoms with E-state index in [0.717, 1.165) is 43.4 Å². The number of amides is 2. The monoisotopic (exact) mass is 633 g/mol. The van der Waals surface area contributed by atoms with Crippen molar-refractivity contribution >= 4 is 23.5 Å². The van der Waals surface area contributed by atoms with E-state index in [1.54, 1.807) is 60.7 Å². The van der Waals surface area contributed by atoms with Gasteiger partial charge in [-0.15, -0.1) is 5.10 Å². The molecule has 1 saturated carbocycles. The average Bonchev–Trinajstić information content (AvgIpc) is 3.55. The molecule has 0 radical (unpaired) electrons. The number of rotatable bonds is 9. The summed E-state index contributed by atoms with van der Waals surface area (Å²) in [5.74, 6) is -0.0171. The first kappa shape index (κ1) is 32.6. The molecular weight excluding hydrogens is 595 g/mol. The fourth-order valence-corrected chi connectivity index (χ4v) is 5.99. The summed E-state index contributed by atoms with van der Waals surface area (Å²) in [7, 11) is 0. The molecule has 12 heteroatoms. The van der Waals surface area contributed by atoms with Gasteiger partial charge in [-0.1, -0.05) is 68.3 Å². The van der Waals surface area contributed by atoms with Crippen LogP contribution in [0.15, 0.2) is 72.8 Å². The van der Waals surface area contributed by atoms with Crippen molar-refractivity contribution in [2.45, 2.75) is 65.2 Å². The second kappa shape index (κ2) is 13.7. The second-order valence-electron chi connectivity index (χ2n) is 12.8. The number of alkyl halides is 3. The average molecular weight is 634 g/mol. The number of benzene rings is 3. The number of aromatic amines is 1. The molecule has 9 nitrogen and oxygen atoms in total. The lowest BCUT2D eigenvalue weighted by atomic mass is 9.71. The number of carbonyl (C=O) groups is 2. The number of halogens is 3. The van der Waals surface area contributed by atoms with Crippen LogP contribution in [0.25, 0.3) is 11.1 Å². The van der Waals surface area contributed by atoms with Gasteiger partial charge in [0.15, 0.2) is 0 Å². The Labute approximate surface area is 266 Å². The zero-order valence-electron chi connectivity index (χ0n) is 26.1. The molecule has 4 aromatic rings. The van der Waals surface area contributed by atoms with Crippen LogP contribution in [0, 0.1) is 11.3 Å². The molecule has 1 aliphatic carbocycles. The first-order chi connectivity index (χ1) is 21.9. The minimum atomic E-state index is -4.54. The highest BCUT2D eigenvalue weighted by molar-refractivity contribution is 6.03. The first-order valence-corrected chi connectivity index (χ1v) is 15.3. The van der Waals surface area contributed by atoms with Gasteiger partial charge >= 0.3 is 6.18 Å². The maximum absolute atomic E-state index is 13.8. The molecule has 2 amide bonds. The van der Waals surface area contributed by atoms with Crippen molar-refractivity contribution in [1.29, 1.82) is 0 Å². The third kappa shape index (κ3) is 8.29. The Kier molecular flexibility index (Phi) is 9.74. The Balaban J connectivity index is 1.34. The zero-order chi connectivity index (χ0) is 32.9. The SMILES string of the molecule is CC(C)(C)C1CCC(N(Cc2ccc(C(=O)Nc3nn[nH]n3)cc2)C(=O)CNc2cc(-c3ccccc3)cc(C(F)(F)F)c2)CC1. The molecule has 46 heavy (non-hydrogen) atoms. The highest BCUT2D eigenvalue weighted by Crippen LogP contribution is 2.39. The van der Waals surface area contributed by atoms with Crippen molar-refractivity contribution in [3.8, 4) is 11.1 Å². The molecule has 1 aromatic heterocycles. The molecule has 0 unspecified atom stereocenters. The topological polar surface area (TPSA) is 116 Å². The van der Waals surface area contributed by atoms with E-state index in [9.17, 15) is 22.8 Å². The van der Waals surface area contributed by atoms with Crippen molar-refractivity contribution in [3.63, 3.8) is 0 Å². The predicted octanol–water partition coefficient (Wildman–Crippen LogP) is 7.18. The lowest BCUT2D eigenvalue weighted by Crippen LogP contribution is -2.45. The van der Waals surface area contributed by atoms with Gasteiger partial charge in [0, 0.05) is 23.8 Å². The summed E-state index contributed by atoms with van der Waals surface area (Å²) in [6, 6.07) is 19.5. The van der Waals surface area contributed by atoms with E-state index in [-0.39, 0.29) is 35.5 Å². The Hall–Kier alpha value is -4.74. The highest BCUT2D eigenvalue weighted by atomic mass is 19.4. The van der Waals surface area contributed by atoms with Crippen LogP contribution in [0.3, 0.4) is 0 Å². The maximum Gasteiger partial charge on any atom is 0.416 e. The number of hydrogen-bond donors (Lipinski definition) is 3. The summed E-state index contributed by atoms with van der Waals surface area (Å²) in [5, 5.41) is 18.7. The Morgan fingerprint density at radius 3 is 2.22 bits per heavy atom. The van der Waals surface area contributed by atoms with E-state index < -0.39 is 17.6 Å².